The number of allylic oxidation sites excluding steroid dienone is 3. The van der Waals surface area contributed by atoms with Crippen LogP contribution in [0.3, 0.4) is 0 Å². The van der Waals surface area contributed by atoms with Crippen LogP contribution in [0.15, 0.2) is 24.8 Å². The molecule has 0 saturated carbocycles. The number of likely N-dealkylation sites (N-methyl/N-ethyl adjacent to an activating group) is 8. The Kier molecular flexibility index (Phi) is 43.9. The molecule has 1 fully saturated rings. The number of rotatable bonds is 24. The first-order chi connectivity index (χ1) is 50.7. The highest BCUT2D eigenvalue weighted by molar-refractivity contribution is 6.00. The van der Waals surface area contributed by atoms with E-state index in [4.69, 9.17) is 5.21 Å². The Labute approximate surface area is 657 Å². The highest BCUT2D eigenvalue weighted by Crippen LogP contribution is 2.29. The summed E-state index contributed by atoms with van der Waals surface area (Å²) in [6, 6.07) is -13.1. The molecule has 30 heteroatoms. The van der Waals surface area contributed by atoms with Crippen LogP contribution in [0.25, 0.3) is 0 Å². The van der Waals surface area contributed by atoms with Gasteiger partial charge in [0.15, 0.2) is 0 Å². The number of amides is 14. The highest BCUT2D eigenvalue weighted by Gasteiger charge is 2.47. The van der Waals surface area contributed by atoms with Gasteiger partial charge in [-0.3, -0.25) is 72.3 Å². The molecule has 15 atom stereocenters. The van der Waals surface area contributed by atoms with Crippen molar-refractivity contribution in [1.29, 1.82) is 0 Å². The number of hydrogen-bond acceptors (Lipinski definition) is 16. The second-order valence-corrected chi connectivity index (χ2v) is 33.9. The summed E-state index contributed by atoms with van der Waals surface area (Å²) < 4.78 is 0. The van der Waals surface area contributed by atoms with E-state index in [-0.39, 0.29) is 79.9 Å². The van der Waals surface area contributed by atoms with E-state index in [1.807, 2.05) is 96.1 Å². The lowest BCUT2D eigenvalue weighted by atomic mass is 9.80. The van der Waals surface area contributed by atoms with Crippen LogP contribution in [0.4, 0.5) is 0 Å². The molecule has 0 bridgehead atoms. The Morgan fingerprint density at radius 1 is 0.518 bits per heavy atom. The Morgan fingerprint density at radius 2 is 0.964 bits per heavy atom. The first kappa shape index (κ1) is 102. The van der Waals surface area contributed by atoms with Crippen molar-refractivity contribution in [2.75, 3.05) is 62.9 Å². The summed E-state index contributed by atoms with van der Waals surface area (Å²) in [6.07, 6.45) is 5.28. The molecule has 1 aliphatic rings. The number of aliphatic hydroxyl groups excluding tert-OH is 1. The summed E-state index contributed by atoms with van der Waals surface area (Å²) >= 11 is 0. The summed E-state index contributed by atoms with van der Waals surface area (Å²) in [5, 5.41) is 37.4. The minimum Gasteiger partial charge on any atom is -0.390 e. The zero-order valence-corrected chi connectivity index (χ0v) is 72.2. The van der Waals surface area contributed by atoms with Gasteiger partial charge in [0, 0.05) is 56.4 Å². The van der Waals surface area contributed by atoms with Crippen molar-refractivity contribution in [3.05, 3.63) is 24.8 Å². The highest BCUT2D eigenvalue weighted by atomic mass is 16.5. The third-order valence-electron chi connectivity index (χ3n) is 20.2. The van der Waals surface area contributed by atoms with Gasteiger partial charge in [-0.2, -0.15) is 0 Å². The lowest BCUT2D eigenvalue weighted by molar-refractivity contribution is -0.157. The number of hydroxylamine groups is 1. The molecule has 1 aliphatic heterocycles. The Bertz CT molecular complexity index is 3110. The second kappa shape index (κ2) is 47.4. The van der Waals surface area contributed by atoms with Gasteiger partial charge in [-0.05, 0) is 125 Å². The third-order valence-corrected chi connectivity index (χ3v) is 20.2. The van der Waals surface area contributed by atoms with Gasteiger partial charge in [0.05, 0.1) is 24.5 Å². The van der Waals surface area contributed by atoms with Crippen LogP contribution in [-0.4, -0.2) is 263 Å². The second-order valence-electron chi connectivity index (χ2n) is 33.9. The predicted octanol–water partition coefficient (Wildman–Crippen LogP) is 4.89. The van der Waals surface area contributed by atoms with Gasteiger partial charge < -0.3 is 71.3 Å². The molecule has 1 rings (SSSR count). The lowest BCUT2D eigenvalue weighted by Gasteiger charge is -2.41. The lowest BCUT2D eigenvalue weighted by Crippen LogP contribution is -2.63. The molecule has 0 aliphatic carbocycles. The molecule has 14 amide bonds. The number of carbonyl (C=O) groups is 14. The van der Waals surface area contributed by atoms with Crippen LogP contribution < -0.4 is 37.4 Å². The quantitative estimate of drug-likeness (QED) is 0.0353. The van der Waals surface area contributed by atoms with E-state index < -0.39 is 185 Å². The summed E-state index contributed by atoms with van der Waals surface area (Å²) in [6.45, 7) is 42.4. The van der Waals surface area contributed by atoms with Gasteiger partial charge in [0.1, 0.15) is 66.5 Å². The van der Waals surface area contributed by atoms with Crippen LogP contribution in [-0.2, 0) is 67.1 Å². The minimum absolute atomic E-state index is 0.0229. The summed E-state index contributed by atoms with van der Waals surface area (Å²) in [7, 11) is 11.4. The van der Waals surface area contributed by atoms with Gasteiger partial charge >= 0.3 is 0 Å². The predicted molar refractivity (Wildman–Crippen MR) is 425 cm³/mol. The number of aliphatic hydroxyl groups is 1. The van der Waals surface area contributed by atoms with Crippen molar-refractivity contribution in [3.63, 3.8) is 0 Å². The largest absolute Gasteiger partial charge is 0.390 e. The zero-order valence-electron chi connectivity index (χ0n) is 72.2. The first-order valence-electron chi connectivity index (χ1n) is 39.1. The molecule has 630 valence electrons. The van der Waals surface area contributed by atoms with Gasteiger partial charge in [-0.25, -0.2) is 5.48 Å². The molecule has 0 unspecified atom stereocenters. The number of hydrogen-bond donors (Lipinski definition) is 9. The molecule has 0 aromatic carbocycles. The molecular weight excluding hydrogens is 1410 g/mol. The number of nitrogens with one attached hydrogen (secondary N) is 7. The van der Waals surface area contributed by atoms with Crippen molar-refractivity contribution in [3.8, 4) is 0 Å². The average molecular weight is 1560 g/mol. The zero-order chi connectivity index (χ0) is 85.8. The van der Waals surface area contributed by atoms with Crippen LogP contribution in [0.5, 0.6) is 0 Å². The molecule has 110 heavy (non-hydrogen) atoms. The Morgan fingerprint density at radius 3 is 1.39 bits per heavy atom. The van der Waals surface area contributed by atoms with Crippen LogP contribution >= 0.6 is 0 Å². The Hall–Kier alpha value is -8.02. The van der Waals surface area contributed by atoms with E-state index >= 15 is 9.59 Å². The summed E-state index contributed by atoms with van der Waals surface area (Å²) in [4.78, 5) is 206. The molecule has 0 spiro atoms. The molecule has 0 aromatic rings. The molecule has 0 radical (unpaired) electrons. The monoisotopic (exact) mass is 1560 g/mol. The van der Waals surface area contributed by atoms with E-state index in [2.05, 4.69) is 38.5 Å². The summed E-state index contributed by atoms with van der Waals surface area (Å²) in [5.74, 6) is -12.3. The minimum atomic E-state index is -1.61. The number of nitrogens with zero attached hydrogens (tertiary/aromatic N) is 7. The Balaban J connectivity index is 0.00000401. The van der Waals surface area contributed by atoms with Gasteiger partial charge in [0.25, 0.3) is 0 Å². The van der Waals surface area contributed by atoms with Crippen LogP contribution in [0, 0.1) is 64.6 Å². The molecule has 9 N–H and O–H groups in total. The van der Waals surface area contributed by atoms with Crippen LogP contribution in [0.2, 0.25) is 0 Å². The van der Waals surface area contributed by atoms with Crippen molar-refractivity contribution in [2.24, 2.45) is 64.6 Å². The van der Waals surface area contributed by atoms with Gasteiger partial charge in [0.2, 0.25) is 82.7 Å². The standard InChI is InChI=1S/C62H111N11O12.C18H33N3O4/c1-25-27-28-40(15)52(75)51-56(79)65-43(26-2)58(81)67(18)33-48(74)68(19)44(29-34(3)4)55(78)66-49(38(11)12)61(84)69(20)45(30-35(5)6)54(77)63-41(16)53(76)64-42(17)57(80)70(21)46(31-36(7)8)59(82)71(22)47(32-37(9)10)60(83)72(23)50(39(13)14)62(85)73(51)24;1-8-9-12(16(23)21-25)13(10-11(2)3)15(22)20-14(17(24)19-7)18(4,5)6/h25,27,34-47,49-52,75H,26,28-33H2,1-24H3,(H,63,77)(H,64,76)(H,65,79)(H,66,78);8,11-14,25H,1,9-10H2,2-7H3,(H,19,24)(H,20,22)(H,21,23)/b27-25+;/t40-,41+,42-,43+,44+,45+,46+,47+,49+,50+,51+,52-;12-,13-,14+/m10/s1. The van der Waals surface area contributed by atoms with Crippen molar-refractivity contribution in [2.45, 2.75) is 276 Å². The molecule has 1 saturated heterocycles. The SMILES string of the molecule is C/C=C/C[C@@H](C)[C@@H](O)[C@H]1C(=O)N[C@@H](CC)C(=O)N(C)CC(=O)N(C)[C@@H](CC(C)C)C(=O)N[C@@H](C(C)C)C(=O)N(C)[C@@H](CC(C)C)C(=O)N[C@@H](C)C(=O)N[C@H](C)C(=O)N(C)[C@@H](CC(C)C)C(=O)N(C)[C@@H](CC(C)C)C(=O)N(C)[C@@H](C(C)C)C(=O)N1C.C=CC[C@H](C(=O)NO)[C@H](CC(C)C)C(=O)N[C@H](C(=O)NC)C(C)(C)C. The van der Waals surface area contributed by atoms with Gasteiger partial charge in [-0.15, -0.1) is 6.58 Å². The van der Waals surface area contributed by atoms with Crippen molar-refractivity contribution in [1.82, 2.24) is 71.7 Å². The topological polar surface area (TPSA) is 386 Å². The summed E-state index contributed by atoms with van der Waals surface area (Å²) in [5.41, 5.74) is 1.14. The maximum Gasteiger partial charge on any atom is 0.247 e. The molecular formula is C80H144N14O16. The molecule has 0 aromatic heterocycles. The van der Waals surface area contributed by atoms with E-state index in [0.29, 0.717) is 12.8 Å². The number of carbonyl (C=O) groups excluding carboxylic acids is 14. The smallest absolute Gasteiger partial charge is 0.247 e. The fourth-order valence-electron chi connectivity index (χ4n) is 13.4. The van der Waals surface area contributed by atoms with E-state index in [9.17, 15) is 62.6 Å². The van der Waals surface area contributed by atoms with E-state index in [1.54, 1.807) is 66.1 Å². The van der Waals surface area contributed by atoms with Crippen molar-refractivity contribution >= 4 is 82.7 Å². The van der Waals surface area contributed by atoms with Gasteiger partial charge in [-0.1, -0.05) is 150 Å². The van der Waals surface area contributed by atoms with Crippen LogP contribution in [0.1, 0.15) is 204 Å². The average Bonchev–Trinajstić information content (AvgIpc) is 0.801. The maximum absolute atomic E-state index is 15.1. The normalized spacial score (nSPS) is 24.2. The van der Waals surface area contributed by atoms with E-state index in [0.717, 1.165) is 9.80 Å². The third kappa shape index (κ3) is 30.6. The molecule has 1 heterocycles. The van der Waals surface area contributed by atoms with E-state index in [1.165, 1.54) is 94.7 Å². The fraction of sp³-hybridized carbons (Fsp3) is 0.775. The first-order valence-corrected chi connectivity index (χ1v) is 39.1. The fourth-order valence-corrected chi connectivity index (χ4v) is 13.4. The van der Waals surface area contributed by atoms with Crippen molar-refractivity contribution < 1.29 is 77.4 Å². The molecule has 30 nitrogen and oxygen atoms in total. The maximum atomic E-state index is 15.1.